The predicted molar refractivity (Wildman–Crippen MR) is 116 cm³/mol. The molecule has 0 radical (unpaired) electrons. The number of hydrogen-bond donors (Lipinski definition) is 1. The number of nitro benzene ring substituents is 1. The lowest BCUT2D eigenvalue weighted by Crippen LogP contribution is -2.15. The number of non-ortho nitro benzene ring substituents is 1. The van der Waals surface area contributed by atoms with E-state index in [9.17, 15) is 25.0 Å². The maximum atomic E-state index is 12.3. The second-order valence-corrected chi connectivity index (χ2v) is 7.42. The Morgan fingerprint density at radius 1 is 1.12 bits per heavy atom. The number of amides is 1. The zero-order valence-corrected chi connectivity index (χ0v) is 18.0. The molecule has 1 amide bonds. The molecular formula is C19H15Cl2N5O6. The van der Waals surface area contributed by atoms with Crippen molar-refractivity contribution in [3.8, 4) is 11.5 Å². The van der Waals surface area contributed by atoms with Crippen LogP contribution in [0.4, 0.5) is 17.2 Å². The van der Waals surface area contributed by atoms with Crippen LogP contribution in [0.2, 0.25) is 10.0 Å². The summed E-state index contributed by atoms with van der Waals surface area (Å²) in [4.78, 5) is 33.2. The summed E-state index contributed by atoms with van der Waals surface area (Å²) in [6, 6.07) is 9.58. The van der Waals surface area contributed by atoms with Crippen LogP contribution in [0.5, 0.6) is 11.5 Å². The Morgan fingerprint density at radius 2 is 1.88 bits per heavy atom. The molecule has 13 heteroatoms. The standard InChI is InChI=1S/C19H15Cl2N5O6/c1-11-6-18(26(30)31)23-24(11)5-4-19(27)22-13-8-14(25(28)29)10-15(9-13)32-17-3-2-12(20)7-16(17)21/h2-3,6-10H,4-5H2,1H3,(H,22,27). The SMILES string of the molecule is Cc1cc([N+](=O)[O-])nn1CCC(=O)Nc1cc(Oc2ccc(Cl)cc2Cl)cc([N+](=O)[O-])c1. The fourth-order valence-corrected chi connectivity index (χ4v) is 3.19. The van der Waals surface area contributed by atoms with Crippen molar-refractivity contribution in [2.45, 2.75) is 19.9 Å². The molecule has 3 rings (SSSR count). The van der Waals surface area contributed by atoms with E-state index >= 15 is 0 Å². The van der Waals surface area contributed by atoms with Crippen molar-refractivity contribution in [3.05, 3.63) is 78.4 Å². The van der Waals surface area contributed by atoms with Gasteiger partial charge in [-0.1, -0.05) is 23.2 Å². The number of aromatic nitrogens is 2. The summed E-state index contributed by atoms with van der Waals surface area (Å²) in [5, 5.41) is 29.1. The summed E-state index contributed by atoms with van der Waals surface area (Å²) in [6.45, 7) is 1.72. The smallest absolute Gasteiger partial charge is 0.390 e. The highest BCUT2D eigenvalue weighted by atomic mass is 35.5. The third-order valence-electron chi connectivity index (χ3n) is 4.21. The van der Waals surface area contributed by atoms with Crippen LogP contribution in [-0.2, 0) is 11.3 Å². The van der Waals surface area contributed by atoms with Crippen LogP contribution < -0.4 is 10.1 Å². The third-order valence-corrected chi connectivity index (χ3v) is 4.74. The first-order chi connectivity index (χ1) is 15.1. The van der Waals surface area contributed by atoms with E-state index < -0.39 is 15.8 Å². The van der Waals surface area contributed by atoms with E-state index in [0.29, 0.717) is 10.7 Å². The fraction of sp³-hybridized carbons (Fsp3) is 0.158. The Bertz CT molecular complexity index is 1210. The number of carbonyl (C=O) groups is 1. The van der Waals surface area contributed by atoms with Crippen molar-refractivity contribution in [1.29, 1.82) is 0 Å². The number of halogens is 2. The first-order valence-corrected chi connectivity index (χ1v) is 9.79. The minimum atomic E-state index is -0.627. The quantitative estimate of drug-likeness (QED) is 0.348. The van der Waals surface area contributed by atoms with Crippen LogP contribution in [0.3, 0.4) is 0 Å². The molecule has 2 aromatic carbocycles. The third kappa shape index (κ3) is 5.71. The molecule has 11 nitrogen and oxygen atoms in total. The van der Waals surface area contributed by atoms with E-state index in [2.05, 4.69) is 10.4 Å². The molecule has 166 valence electrons. The van der Waals surface area contributed by atoms with E-state index in [1.54, 1.807) is 13.0 Å². The highest BCUT2D eigenvalue weighted by molar-refractivity contribution is 6.35. The van der Waals surface area contributed by atoms with Crippen molar-refractivity contribution in [2.24, 2.45) is 0 Å². The summed E-state index contributed by atoms with van der Waals surface area (Å²) in [5.74, 6) is -0.482. The Kier molecular flexibility index (Phi) is 6.91. The number of nitrogens with one attached hydrogen (secondary N) is 1. The summed E-state index contributed by atoms with van der Waals surface area (Å²) in [5.41, 5.74) is 0.351. The van der Waals surface area contributed by atoms with Crippen LogP contribution in [0.1, 0.15) is 12.1 Å². The van der Waals surface area contributed by atoms with E-state index in [-0.39, 0.29) is 46.7 Å². The second-order valence-electron chi connectivity index (χ2n) is 6.57. The number of nitrogens with zero attached hydrogens (tertiary/aromatic N) is 4. The highest BCUT2D eigenvalue weighted by Gasteiger charge is 2.17. The molecule has 1 aromatic heterocycles. The largest absolute Gasteiger partial charge is 0.455 e. The molecule has 32 heavy (non-hydrogen) atoms. The average Bonchev–Trinajstić information content (AvgIpc) is 3.09. The molecule has 0 aliphatic carbocycles. The first kappa shape index (κ1) is 23.0. The average molecular weight is 480 g/mol. The Balaban J connectivity index is 1.74. The van der Waals surface area contributed by atoms with Gasteiger partial charge in [-0.3, -0.25) is 14.9 Å². The highest BCUT2D eigenvalue weighted by Crippen LogP contribution is 2.34. The van der Waals surface area contributed by atoms with Gasteiger partial charge in [0, 0.05) is 23.6 Å². The number of hydrogen-bond acceptors (Lipinski definition) is 7. The number of benzene rings is 2. The van der Waals surface area contributed by atoms with Gasteiger partial charge >= 0.3 is 5.82 Å². The molecule has 3 aromatic rings. The van der Waals surface area contributed by atoms with Gasteiger partial charge in [0.1, 0.15) is 11.5 Å². The van der Waals surface area contributed by atoms with E-state index in [1.807, 2.05) is 0 Å². The lowest BCUT2D eigenvalue weighted by molar-refractivity contribution is -0.389. The number of carbonyl (C=O) groups excluding carboxylic acids is 1. The van der Waals surface area contributed by atoms with Crippen LogP contribution in [0.25, 0.3) is 0 Å². The normalized spacial score (nSPS) is 10.6. The molecule has 0 aliphatic heterocycles. The van der Waals surface area contributed by atoms with Crippen molar-refractivity contribution in [1.82, 2.24) is 9.78 Å². The van der Waals surface area contributed by atoms with Gasteiger partial charge in [0.2, 0.25) is 5.91 Å². The lowest BCUT2D eigenvalue weighted by atomic mass is 10.2. The van der Waals surface area contributed by atoms with Gasteiger partial charge in [0.05, 0.1) is 45.1 Å². The number of rotatable bonds is 8. The van der Waals surface area contributed by atoms with Gasteiger partial charge in [0.15, 0.2) is 0 Å². The van der Waals surface area contributed by atoms with Gasteiger partial charge in [-0.05, 0) is 30.0 Å². The minimum absolute atomic E-state index is 0.0679. The summed E-state index contributed by atoms with van der Waals surface area (Å²) >= 11 is 11.9. The maximum Gasteiger partial charge on any atom is 0.390 e. The van der Waals surface area contributed by atoms with Crippen LogP contribution in [0.15, 0.2) is 42.5 Å². The molecule has 0 saturated carbocycles. The lowest BCUT2D eigenvalue weighted by Gasteiger charge is -2.10. The van der Waals surface area contributed by atoms with Crippen molar-refractivity contribution in [2.75, 3.05) is 5.32 Å². The summed E-state index contributed by atoms with van der Waals surface area (Å²) in [6.07, 6.45) is -0.0679. The second kappa shape index (κ2) is 9.62. The number of anilines is 1. The van der Waals surface area contributed by atoms with Crippen molar-refractivity contribution in [3.63, 3.8) is 0 Å². The maximum absolute atomic E-state index is 12.3. The first-order valence-electron chi connectivity index (χ1n) is 9.03. The Morgan fingerprint density at radius 3 is 2.50 bits per heavy atom. The summed E-state index contributed by atoms with van der Waals surface area (Å²) in [7, 11) is 0. The molecule has 0 bridgehead atoms. The van der Waals surface area contributed by atoms with E-state index in [0.717, 1.165) is 0 Å². The van der Waals surface area contributed by atoms with E-state index in [1.165, 1.54) is 41.1 Å². The van der Waals surface area contributed by atoms with Crippen LogP contribution in [0, 0.1) is 27.2 Å². The molecule has 0 saturated heterocycles. The molecule has 0 fully saturated rings. The van der Waals surface area contributed by atoms with Gasteiger partial charge in [-0.25, -0.2) is 0 Å². The molecule has 0 atom stereocenters. The van der Waals surface area contributed by atoms with Gasteiger partial charge in [-0.2, -0.15) is 4.68 Å². The molecule has 0 unspecified atom stereocenters. The zero-order chi connectivity index (χ0) is 23.4. The van der Waals surface area contributed by atoms with Crippen LogP contribution in [-0.4, -0.2) is 25.5 Å². The van der Waals surface area contributed by atoms with Crippen molar-refractivity contribution >= 4 is 46.3 Å². The van der Waals surface area contributed by atoms with Gasteiger partial charge < -0.3 is 20.2 Å². The van der Waals surface area contributed by atoms with E-state index in [4.69, 9.17) is 27.9 Å². The topological polar surface area (TPSA) is 142 Å². The number of aryl methyl sites for hydroxylation is 2. The summed E-state index contributed by atoms with van der Waals surface area (Å²) < 4.78 is 6.96. The Hall–Kier alpha value is -3.70. The minimum Gasteiger partial charge on any atom is -0.455 e. The van der Waals surface area contributed by atoms with Crippen molar-refractivity contribution < 1.29 is 19.4 Å². The number of ether oxygens (including phenoxy) is 1. The fourth-order valence-electron chi connectivity index (χ4n) is 2.74. The molecule has 1 N–H and O–H groups in total. The number of nitro groups is 2. The molecular weight excluding hydrogens is 465 g/mol. The van der Waals surface area contributed by atoms with Gasteiger partial charge in [-0.15, -0.1) is 0 Å². The molecule has 0 spiro atoms. The molecule has 0 aliphatic rings. The van der Waals surface area contributed by atoms with Crippen LogP contribution >= 0.6 is 23.2 Å². The zero-order valence-electron chi connectivity index (χ0n) is 16.4. The molecule has 1 heterocycles. The van der Waals surface area contributed by atoms with Gasteiger partial charge in [0.25, 0.3) is 5.69 Å². The monoisotopic (exact) mass is 479 g/mol. The predicted octanol–water partition coefficient (Wildman–Crippen LogP) is 5.14. The Labute approximate surface area is 190 Å².